The molecular weight excluding hydrogens is 360 g/mol. The summed E-state index contributed by atoms with van der Waals surface area (Å²) in [6.07, 6.45) is 2.13. The fourth-order valence-corrected chi connectivity index (χ4v) is 3.30. The fourth-order valence-electron chi connectivity index (χ4n) is 3.30. The topological polar surface area (TPSA) is 76.1 Å². The fraction of sp³-hybridized carbons (Fsp3) is 0.571. The molecule has 1 unspecified atom stereocenters. The van der Waals surface area contributed by atoms with Crippen LogP contribution in [0, 0.1) is 0 Å². The van der Waals surface area contributed by atoms with Crippen molar-refractivity contribution < 1.29 is 23.9 Å². The van der Waals surface area contributed by atoms with Crippen LogP contribution in [0.1, 0.15) is 46.1 Å². The van der Waals surface area contributed by atoms with Crippen molar-refractivity contribution in [2.45, 2.75) is 58.1 Å². The highest BCUT2D eigenvalue weighted by molar-refractivity contribution is 6.06. The van der Waals surface area contributed by atoms with E-state index >= 15 is 0 Å². The lowest BCUT2D eigenvalue weighted by Gasteiger charge is -2.28. The number of imide groups is 1. The Hall–Kier alpha value is -2.57. The Morgan fingerprint density at radius 2 is 1.75 bits per heavy atom. The largest absolute Gasteiger partial charge is 0.476 e. The zero-order chi connectivity index (χ0) is 21.1. The van der Waals surface area contributed by atoms with E-state index in [4.69, 9.17) is 9.47 Å². The minimum Gasteiger partial charge on any atom is -0.476 e. The number of nitrogens with zero attached hydrogens (tertiary/aromatic N) is 2. The standard InChI is InChI=1S/C21H30N2O5/c1-7-27-18(25)20(2,3)28-16-12-10-15(11-13-16)9-8-14-21(4)17(24)22(5)19(26)23(21)6/h10-13H,7-9,14H2,1-6H3. The molecule has 7 heteroatoms. The zero-order valence-electron chi connectivity index (χ0n) is 17.6. The van der Waals surface area contributed by atoms with Crippen LogP contribution < -0.4 is 4.74 Å². The molecule has 0 radical (unpaired) electrons. The van der Waals surface area contributed by atoms with Crippen LogP contribution in [0.25, 0.3) is 0 Å². The van der Waals surface area contributed by atoms with E-state index in [0.717, 1.165) is 18.4 Å². The zero-order valence-corrected chi connectivity index (χ0v) is 17.6. The van der Waals surface area contributed by atoms with Gasteiger partial charge in [0, 0.05) is 14.1 Å². The van der Waals surface area contributed by atoms with Gasteiger partial charge in [0.05, 0.1) is 6.61 Å². The van der Waals surface area contributed by atoms with Gasteiger partial charge in [-0.25, -0.2) is 9.59 Å². The quantitative estimate of drug-likeness (QED) is 0.504. The third-order valence-electron chi connectivity index (χ3n) is 5.27. The summed E-state index contributed by atoms with van der Waals surface area (Å²) in [5.74, 6) is 0.0221. The summed E-state index contributed by atoms with van der Waals surface area (Å²) in [6.45, 7) is 7.22. The number of esters is 1. The molecular formula is C21H30N2O5. The lowest BCUT2D eigenvalue weighted by molar-refractivity contribution is -0.158. The molecule has 28 heavy (non-hydrogen) atoms. The maximum Gasteiger partial charge on any atom is 0.349 e. The third-order valence-corrected chi connectivity index (χ3v) is 5.27. The van der Waals surface area contributed by atoms with Gasteiger partial charge in [-0.1, -0.05) is 12.1 Å². The molecule has 0 bridgehead atoms. The summed E-state index contributed by atoms with van der Waals surface area (Å²) >= 11 is 0. The van der Waals surface area contributed by atoms with Crippen molar-refractivity contribution >= 4 is 17.9 Å². The van der Waals surface area contributed by atoms with Crippen LogP contribution in [-0.4, -0.2) is 59.5 Å². The van der Waals surface area contributed by atoms with Crippen molar-refractivity contribution in [1.82, 2.24) is 9.80 Å². The van der Waals surface area contributed by atoms with Crippen molar-refractivity contribution in [3.05, 3.63) is 29.8 Å². The normalized spacial score (nSPS) is 19.9. The van der Waals surface area contributed by atoms with Gasteiger partial charge in [-0.3, -0.25) is 9.69 Å². The van der Waals surface area contributed by atoms with E-state index in [1.807, 2.05) is 31.2 Å². The number of urea groups is 1. The number of rotatable bonds is 8. The van der Waals surface area contributed by atoms with E-state index in [2.05, 4.69) is 0 Å². The van der Waals surface area contributed by atoms with Crippen molar-refractivity contribution in [1.29, 1.82) is 0 Å². The molecule has 1 aliphatic heterocycles. The number of hydrogen-bond donors (Lipinski definition) is 0. The van der Waals surface area contributed by atoms with Gasteiger partial charge in [0.2, 0.25) is 0 Å². The number of aryl methyl sites for hydroxylation is 1. The first-order chi connectivity index (χ1) is 13.0. The maximum absolute atomic E-state index is 12.4. The molecule has 7 nitrogen and oxygen atoms in total. The molecule has 1 heterocycles. The summed E-state index contributed by atoms with van der Waals surface area (Å²) in [4.78, 5) is 39.0. The maximum atomic E-state index is 12.4. The highest BCUT2D eigenvalue weighted by atomic mass is 16.6. The Labute approximate surface area is 166 Å². The van der Waals surface area contributed by atoms with Crippen LogP contribution in [0.2, 0.25) is 0 Å². The van der Waals surface area contributed by atoms with Gasteiger partial charge in [0.15, 0.2) is 5.60 Å². The predicted octanol–water partition coefficient (Wildman–Crippen LogP) is 3.01. The molecule has 1 aromatic carbocycles. The summed E-state index contributed by atoms with van der Waals surface area (Å²) in [6, 6.07) is 7.26. The van der Waals surface area contributed by atoms with Crippen LogP contribution in [0.5, 0.6) is 5.75 Å². The molecule has 1 atom stereocenters. The molecule has 1 aliphatic rings. The Balaban J connectivity index is 1.92. The smallest absolute Gasteiger partial charge is 0.349 e. The lowest BCUT2D eigenvalue weighted by Crippen LogP contribution is -2.44. The Bertz CT molecular complexity index is 744. The van der Waals surface area contributed by atoms with Gasteiger partial charge in [-0.2, -0.15) is 0 Å². The van der Waals surface area contributed by atoms with Crippen molar-refractivity contribution in [3.63, 3.8) is 0 Å². The predicted molar refractivity (Wildman–Crippen MR) is 105 cm³/mol. The monoisotopic (exact) mass is 390 g/mol. The van der Waals surface area contributed by atoms with Gasteiger partial charge in [0.25, 0.3) is 5.91 Å². The second-order valence-electron chi connectivity index (χ2n) is 7.81. The van der Waals surface area contributed by atoms with Crippen molar-refractivity contribution in [2.24, 2.45) is 0 Å². The molecule has 1 fully saturated rings. The second kappa shape index (κ2) is 8.20. The second-order valence-corrected chi connectivity index (χ2v) is 7.81. The molecule has 0 N–H and O–H groups in total. The number of carbonyl (C=O) groups excluding carboxylic acids is 3. The molecule has 2 rings (SSSR count). The minimum atomic E-state index is -1.06. The molecule has 154 valence electrons. The number of likely N-dealkylation sites (N-methyl/N-ethyl adjacent to an activating group) is 2. The van der Waals surface area contributed by atoms with Crippen molar-refractivity contribution in [3.8, 4) is 5.75 Å². The van der Waals surface area contributed by atoms with E-state index in [1.54, 1.807) is 27.8 Å². The van der Waals surface area contributed by atoms with Gasteiger partial charge >= 0.3 is 12.0 Å². The Morgan fingerprint density at radius 3 is 2.25 bits per heavy atom. The number of carbonyl (C=O) groups is 3. The molecule has 3 amide bonds. The summed E-state index contributed by atoms with van der Waals surface area (Å²) in [5.41, 5.74) is -0.755. The Morgan fingerprint density at radius 1 is 1.14 bits per heavy atom. The first kappa shape index (κ1) is 21.7. The van der Waals surface area contributed by atoms with Crippen LogP contribution in [0.15, 0.2) is 24.3 Å². The minimum absolute atomic E-state index is 0.162. The number of ether oxygens (including phenoxy) is 2. The number of benzene rings is 1. The van der Waals surface area contributed by atoms with Crippen LogP contribution in [0.3, 0.4) is 0 Å². The molecule has 0 saturated carbocycles. The average Bonchev–Trinajstić information content (AvgIpc) is 2.79. The third kappa shape index (κ3) is 4.29. The first-order valence-electron chi connectivity index (χ1n) is 9.54. The molecule has 0 aliphatic carbocycles. The van der Waals surface area contributed by atoms with E-state index in [0.29, 0.717) is 18.8 Å². The summed E-state index contributed by atoms with van der Waals surface area (Å²) in [5, 5.41) is 0. The summed E-state index contributed by atoms with van der Waals surface area (Å²) in [7, 11) is 3.18. The van der Waals surface area contributed by atoms with E-state index in [-0.39, 0.29) is 11.9 Å². The highest BCUT2D eigenvalue weighted by Gasteiger charge is 2.50. The highest BCUT2D eigenvalue weighted by Crippen LogP contribution is 2.30. The van der Waals surface area contributed by atoms with Gasteiger partial charge in [-0.15, -0.1) is 0 Å². The first-order valence-corrected chi connectivity index (χ1v) is 9.54. The number of amides is 3. The van der Waals surface area contributed by atoms with Crippen LogP contribution >= 0.6 is 0 Å². The van der Waals surface area contributed by atoms with E-state index in [9.17, 15) is 14.4 Å². The Kier molecular flexibility index (Phi) is 6.37. The average molecular weight is 390 g/mol. The van der Waals surface area contributed by atoms with Crippen molar-refractivity contribution in [2.75, 3.05) is 20.7 Å². The van der Waals surface area contributed by atoms with Crippen LogP contribution in [-0.2, 0) is 20.7 Å². The number of hydrogen-bond acceptors (Lipinski definition) is 5. The van der Waals surface area contributed by atoms with Gasteiger partial charge in [-0.05, 0) is 64.7 Å². The molecule has 0 spiro atoms. The van der Waals surface area contributed by atoms with Crippen LogP contribution in [0.4, 0.5) is 4.79 Å². The van der Waals surface area contributed by atoms with Gasteiger partial charge in [0.1, 0.15) is 11.3 Å². The SMILES string of the molecule is CCOC(=O)C(C)(C)Oc1ccc(CCCC2(C)C(=O)N(C)C(=O)N2C)cc1. The molecule has 1 saturated heterocycles. The summed E-state index contributed by atoms with van der Waals surface area (Å²) < 4.78 is 10.8. The molecule has 0 aromatic heterocycles. The molecule has 1 aromatic rings. The van der Waals surface area contributed by atoms with E-state index in [1.165, 1.54) is 16.8 Å². The lowest BCUT2D eigenvalue weighted by atomic mass is 9.92. The van der Waals surface area contributed by atoms with Gasteiger partial charge < -0.3 is 14.4 Å². The van der Waals surface area contributed by atoms with E-state index < -0.39 is 17.1 Å².